The van der Waals surface area contributed by atoms with E-state index >= 15 is 0 Å². The molecule has 0 bridgehead atoms. The highest BCUT2D eigenvalue weighted by Gasteiger charge is 2.31. The Bertz CT molecular complexity index is 503. The van der Waals surface area contributed by atoms with E-state index < -0.39 is 0 Å². The molecule has 8 nitrogen and oxygen atoms in total. The SMILES string of the molecule is CCN(CC)c1nc(NC)nc(N2CCCC2C(N)=O)n1. The second-order valence-corrected chi connectivity index (χ2v) is 4.94. The van der Waals surface area contributed by atoms with Gasteiger partial charge in [-0.2, -0.15) is 15.0 Å². The van der Waals surface area contributed by atoms with Crippen molar-refractivity contribution in [1.29, 1.82) is 0 Å². The zero-order valence-electron chi connectivity index (χ0n) is 12.8. The van der Waals surface area contributed by atoms with Crippen molar-refractivity contribution in [2.45, 2.75) is 32.7 Å². The maximum atomic E-state index is 11.6. The van der Waals surface area contributed by atoms with Gasteiger partial charge in [0.2, 0.25) is 23.8 Å². The van der Waals surface area contributed by atoms with E-state index in [2.05, 4.69) is 20.3 Å². The van der Waals surface area contributed by atoms with E-state index in [1.807, 2.05) is 23.6 Å². The number of anilines is 3. The lowest BCUT2D eigenvalue weighted by Gasteiger charge is -2.25. The van der Waals surface area contributed by atoms with Crippen molar-refractivity contribution >= 4 is 23.8 Å². The number of amides is 1. The van der Waals surface area contributed by atoms with Crippen LogP contribution in [0.25, 0.3) is 0 Å². The van der Waals surface area contributed by atoms with Crippen molar-refractivity contribution in [2.24, 2.45) is 5.73 Å². The van der Waals surface area contributed by atoms with E-state index in [1.165, 1.54) is 0 Å². The van der Waals surface area contributed by atoms with Crippen LogP contribution < -0.4 is 20.9 Å². The molecule has 0 aliphatic carbocycles. The Kier molecular flexibility index (Phi) is 4.77. The van der Waals surface area contributed by atoms with E-state index in [1.54, 1.807) is 7.05 Å². The smallest absolute Gasteiger partial charge is 0.240 e. The number of hydrogen-bond donors (Lipinski definition) is 2. The summed E-state index contributed by atoms with van der Waals surface area (Å²) < 4.78 is 0. The van der Waals surface area contributed by atoms with E-state index in [9.17, 15) is 4.79 Å². The van der Waals surface area contributed by atoms with Crippen LogP contribution in [-0.2, 0) is 4.79 Å². The number of nitrogens with two attached hydrogens (primary N) is 1. The van der Waals surface area contributed by atoms with Crippen LogP contribution in [0.4, 0.5) is 17.8 Å². The van der Waals surface area contributed by atoms with Gasteiger partial charge in [-0.05, 0) is 26.7 Å². The predicted molar refractivity (Wildman–Crippen MR) is 82.5 cm³/mol. The predicted octanol–water partition coefficient (Wildman–Crippen LogP) is 0.214. The number of nitrogens with zero attached hydrogens (tertiary/aromatic N) is 5. The third-order valence-electron chi connectivity index (χ3n) is 3.72. The molecule has 0 spiro atoms. The van der Waals surface area contributed by atoms with Gasteiger partial charge in [0.15, 0.2) is 0 Å². The van der Waals surface area contributed by atoms with Crippen LogP contribution in [0.2, 0.25) is 0 Å². The van der Waals surface area contributed by atoms with E-state index in [4.69, 9.17) is 5.73 Å². The fourth-order valence-electron chi connectivity index (χ4n) is 2.54. The monoisotopic (exact) mass is 293 g/mol. The molecule has 2 rings (SSSR count). The van der Waals surface area contributed by atoms with Crippen LogP contribution in [0.1, 0.15) is 26.7 Å². The van der Waals surface area contributed by atoms with Gasteiger partial charge in [0.25, 0.3) is 0 Å². The van der Waals surface area contributed by atoms with Crippen molar-refractivity contribution in [3.8, 4) is 0 Å². The average molecular weight is 293 g/mol. The molecule has 116 valence electrons. The quantitative estimate of drug-likeness (QED) is 0.773. The number of primary amides is 1. The molecule has 1 amide bonds. The topological polar surface area (TPSA) is 100 Å². The van der Waals surface area contributed by atoms with Gasteiger partial charge in [0, 0.05) is 26.7 Å². The first-order chi connectivity index (χ1) is 10.1. The fraction of sp³-hybridized carbons (Fsp3) is 0.692. The largest absolute Gasteiger partial charge is 0.368 e. The fourth-order valence-corrected chi connectivity index (χ4v) is 2.54. The lowest BCUT2D eigenvalue weighted by Crippen LogP contribution is -2.41. The molecule has 1 aliphatic rings. The summed E-state index contributed by atoms with van der Waals surface area (Å²) in [4.78, 5) is 28.8. The van der Waals surface area contributed by atoms with E-state index in [0.29, 0.717) is 17.8 Å². The number of hydrogen-bond acceptors (Lipinski definition) is 7. The van der Waals surface area contributed by atoms with Crippen molar-refractivity contribution in [3.63, 3.8) is 0 Å². The first-order valence-corrected chi connectivity index (χ1v) is 7.35. The zero-order valence-corrected chi connectivity index (χ0v) is 12.8. The Balaban J connectivity index is 2.38. The summed E-state index contributed by atoms with van der Waals surface area (Å²) in [6.07, 6.45) is 1.66. The van der Waals surface area contributed by atoms with Gasteiger partial charge in [0.1, 0.15) is 6.04 Å². The summed E-state index contributed by atoms with van der Waals surface area (Å²) in [6.45, 7) is 6.45. The van der Waals surface area contributed by atoms with Gasteiger partial charge in [-0.25, -0.2) is 0 Å². The second kappa shape index (κ2) is 6.55. The van der Waals surface area contributed by atoms with E-state index in [0.717, 1.165) is 32.5 Å². The molecule has 2 heterocycles. The number of nitrogens with one attached hydrogen (secondary N) is 1. The summed E-state index contributed by atoms with van der Waals surface area (Å²) in [5.74, 6) is 1.29. The van der Waals surface area contributed by atoms with Crippen molar-refractivity contribution in [1.82, 2.24) is 15.0 Å². The molecule has 1 saturated heterocycles. The maximum absolute atomic E-state index is 11.6. The number of carbonyl (C=O) groups is 1. The van der Waals surface area contributed by atoms with Gasteiger partial charge in [-0.1, -0.05) is 0 Å². The Morgan fingerprint density at radius 2 is 2.10 bits per heavy atom. The van der Waals surface area contributed by atoms with Crippen LogP contribution >= 0.6 is 0 Å². The Labute approximate surface area is 124 Å². The van der Waals surface area contributed by atoms with Crippen LogP contribution in [0.3, 0.4) is 0 Å². The molecule has 1 fully saturated rings. The minimum absolute atomic E-state index is 0.330. The third-order valence-corrected chi connectivity index (χ3v) is 3.72. The molecule has 1 aromatic rings. The number of carbonyl (C=O) groups excluding carboxylic acids is 1. The first kappa shape index (κ1) is 15.3. The van der Waals surface area contributed by atoms with Gasteiger partial charge in [0.05, 0.1) is 0 Å². The second-order valence-electron chi connectivity index (χ2n) is 4.94. The van der Waals surface area contributed by atoms with Crippen LogP contribution in [0, 0.1) is 0 Å². The molecular formula is C13H23N7O. The Hall–Kier alpha value is -2.12. The lowest BCUT2D eigenvalue weighted by molar-refractivity contribution is -0.119. The zero-order chi connectivity index (χ0) is 15.4. The average Bonchev–Trinajstić information content (AvgIpc) is 2.98. The summed E-state index contributed by atoms with van der Waals surface area (Å²) in [7, 11) is 1.76. The summed E-state index contributed by atoms with van der Waals surface area (Å²) in [5, 5.41) is 2.95. The molecule has 1 aliphatic heterocycles. The Morgan fingerprint density at radius 3 is 2.67 bits per heavy atom. The van der Waals surface area contributed by atoms with Crippen molar-refractivity contribution in [3.05, 3.63) is 0 Å². The lowest BCUT2D eigenvalue weighted by atomic mass is 10.2. The maximum Gasteiger partial charge on any atom is 0.240 e. The highest BCUT2D eigenvalue weighted by atomic mass is 16.1. The summed E-state index contributed by atoms with van der Waals surface area (Å²) >= 11 is 0. The van der Waals surface area contributed by atoms with E-state index in [-0.39, 0.29) is 11.9 Å². The number of rotatable bonds is 6. The minimum atomic E-state index is -0.332. The molecule has 1 aromatic heterocycles. The molecule has 1 atom stereocenters. The third kappa shape index (κ3) is 3.14. The first-order valence-electron chi connectivity index (χ1n) is 7.35. The van der Waals surface area contributed by atoms with Gasteiger partial charge in [-0.3, -0.25) is 4.79 Å². The molecule has 0 saturated carbocycles. The Morgan fingerprint density at radius 1 is 1.38 bits per heavy atom. The highest BCUT2D eigenvalue weighted by Crippen LogP contribution is 2.24. The molecule has 3 N–H and O–H groups in total. The molecule has 21 heavy (non-hydrogen) atoms. The molecular weight excluding hydrogens is 270 g/mol. The number of aromatic nitrogens is 3. The van der Waals surface area contributed by atoms with Gasteiger partial charge >= 0.3 is 0 Å². The normalized spacial score (nSPS) is 17.9. The van der Waals surface area contributed by atoms with Crippen molar-refractivity contribution < 1.29 is 4.79 Å². The van der Waals surface area contributed by atoms with Gasteiger partial charge < -0.3 is 20.9 Å². The molecule has 8 heteroatoms. The highest BCUT2D eigenvalue weighted by molar-refractivity contribution is 5.83. The van der Waals surface area contributed by atoms with Crippen LogP contribution in [-0.4, -0.2) is 53.6 Å². The summed E-state index contributed by atoms with van der Waals surface area (Å²) in [5.41, 5.74) is 5.47. The van der Waals surface area contributed by atoms with Gasteiger partial charge in [-0.15, -0.1) is 0 Å². The van der Waals surface area contributed by atoms with Crippen molar-refractivity contribution in [2.75, 3.05) is 41.8 Å². The molecule has 1 unspecified atom stereocenters. The molecule has 0 aromatic carbocycles. The van der Waals surface area contributed by atoms with Crippen LogP contribution in [0.15, 0.2) is 0 Å². The standard InChI is InChI=1S/C13H23N7O/c1-4-19(5-2)12-16-11(15-3)17-13(18-12)20-8-6-7-9(20)10(14)21/h9H,4-8H2,1-3H3,(H2,14,21)(H,15,16,17,18). The van der Waals surface area contributed by atoms with Crippen LogP contribution in [0.5, 0.6) is 0 Å². The summed E-state index contributed by atoms with van der Waals surface area (Å²) in [6, 6.07) is -0.332. The molecule has 0 radical (unpaired) electrons. The minimum Gasteiger partial charge on any atom is -0.368 e.